The third kappa shape index (κ3) is 1.50. The lowest BCUT2D eigenvalue weighted by Crippen LogP contribution is -2.06. The molecule has 0 unspecified atom stereocenters. The van der Waals surface area contributed by atoms with Gasteiger partial charge >= 0.3 is 6.18 Å². The summed E-state index contributed by atoms with van der Waals surface area (Å²) in [6.07, 6.45) is -4.62. The molecule has 0 saturated heterocycles. The van der Waals surface area contributed by atoms with Gasteiger partial charge in [0.25, 0.3) is 0 Å². The van der Waals surface area contributed by atoms with Crippen molar-refractivity contribution in [2.75, 3.05) is 0 Å². The van der Waals surface area contributed by atoms with E-state index in [9.17, 15) is 17.6 Å². The van der Waals surface area contributed by atoms with Crippen molar-refractivity contribution in [1.82, 2.24) is 9.78 Å². The zero-order valence-electron chi connectivity index (χ0n) is 5.41. The summed E-state index contributed by atoms with van der Waals surface area (Å²) in [5.41, 5.74) is -1.34. The van der Waals surface area contributed by atoms with E-state index in [1.807, 2.05) is 0 Å². The van der Waals surface area contributed by atoms with Crippen molar-refractivity contribution in [3.63, 3.8) is 0 Å². The molecule has 1 radical (unpaired) electrons. The van der Waals surface area contributed by atoms with Gasteiger partial charge in [-0.1, -0.05) is 0 Å². The fraction of sp³-hybridized carbons (Fsp3) is 0.400. The van der Waals surface area contributed by atoms with Crippen LogP contribution in [0.1, 0.15) is 5.69 Å². The smallest absolute Gasteiger partial charge is 0.242 e. The minimum Gasteiger partial charge on any atom is -0.242 e. The number of halogens is 4. The van der Waals surface area contributed by atoms with E-state index in [-0.39, 0.29) is 0 Å². The molecule has 1 aromatic heterocycles. The summed E-state index contributed by atoms with van der Waals surface area (Å²) < 4.78 is 47.8. The summed E-state index contributed by atoms with van der Waals surface area (Å²) >= 11 is 0. The fourth-order valence-corrected chi connectivity index (χ4v) is 0.525. The summed E-state index contributed by atoms with van der Waals surface area (Å²) in [7, 11) is 1.07. The third-order valence-corrected chi connectivity index (χ3v) is 1.02. The summed E-state index contributed by atoms with van der Waals surface area (Å²) in [5.74, 6) is -1.13. The Bertz CT molecular complexity index is 242. The summed E-state index contributed by atoms with van der Waals surface area (Å²) in [6.45, 7) is 0. The highest BCUT2D eigenvalue weighted by atomic mass is 19.4. The van der Waals surface area contributed by atoms with E-state index in [0.29, 0.717) is 4.68 Å². The number of alkyl halides is 3. The Morgan fingerprint density at radius 1 is 1.45 bits per heavy atom. The molecule has 6 heteroatoms. The molecule has 0 amide bonds. The van der Waals surface area contributed by atoms with Crippen LogP contribution >= 0.6 is 0 Å². The maximum absolute atomic E-state index is 12.2. The lowest BCUT2D eigenvalue weighted by molar-refractivity contribution is -0.141. The topological polar surface area (TPSA) is 17.8 Å². The largest absolute Gasteiger partial charge is 0.435 e. The first-order valence-electron chi connectivity index (χ1n) is 2.60. The molecule has 0 aromatic carbocycles. The molecule has 1 rings (SSSR count). The highest BCUT2D eigenvalue weighted by Crippen LogP contribution is 2.27. The first-order chi connectivity index (χ1) is 4.91. The molecule has 0 atom stereocenters. The maximum atomic E-state index is 12.2. The van der Waals surface area contributed by atoms with Gasteiger partial charge in [0.2, 0.25) is 5.95 Å². The molecule has 1 aromatic rings. The van der Waals surface area contributed by atoms with Crippen molar-refractivity contribution in [2.45, 2.75) is 6.18 Å². The van der Waals surface area contributed by atoms with Gasteiger partial charge in [0.15, 0.2) is 5.69 Å². The van der Waals surface area contributed by atoms with Crippen molar-refractivity contribution >= 4 is 0 Å². The highest BCUT2D eigenvalue weighted by Gasteiger charge is 2.35. The van der Waals surface area contributed by atoms with Gasteiger partial charge in [0.1, 0.15) is 0 Å². The van der Waals surface area contributed by atoms with Crippen molar-refractivity contribution in [3.8, 4) is 0 Å². The predicted octanol–water partition coefficient (Wildman–Crippen LogP) is 1.38. The van der Waals surface area contributed by atoms with Crippen molar-refractivity contribution in [1.29, 1.82) is 0 Å². The molecule has 0 spiro atoms. The molecular formula is C5H3F4N2. The van der Waals surface area contributed by atoms with Gasteiger partial charge in [-0.15, -0.1) is 0 Å². The molecule has 0 aliphatic rings. The average molecular weight is 167 g/mol. The van der Waals surface area contributed by atoms with E-state index < -0.39 is 17.8 Å². The number of aryl methyl sites for hydroxylation is 1. The van der Waals surface area contributed by atoms with E-state index in [0.717, 1.165) is 7.05 Å². The number of nitrogens with zero attached hydrogens (tertiary/aromatic N) is 2. The second-order valence-electron chi connectivity index (χ2n) is 1.89. The van der Waals surface area contributed by atoms with Crippen molar-refractivity contribution in [2.24, 2.45) is 7.05 Å². The van der Waals surface area contributed by atoms with E-state index >= 15 is 0 Å². The van der Waals surface area contributed by atoms with Crippen LogP contribution < -0.4 is 0 Å². The average Bonchev–Trinajstić information content (AvgIpc) is 2.11. The van der Waals surface area contributed by atoms with Gasteiger partial charge in [-0.2, -0.15) is 22.7 Å². The highest BCUT2D eigenvalue weighted by molar-refractivity contribution is 5.02. The van der Waals surface area contributed by atoms with Crippen LogP contribution in [0.5, 0.6) is 0 Å². The Balaban J connectivity index is 3.08. The minimum absolute atomic E-state index is 0.475. The molecule has 1 heterocycles. The zero-order chi connectivity index (χ0) is 8.65. The lowest BCUT2D eigenvalue weighted by Gasteiger charge is -1.98. The summed E-state index contributed by atoms with van der Waals surface area (Å²) in [6, 6.07) is 1.44. The number of hydrogen-bond donors (Lipinski definition) is 0. The predicted molar refractivity (Wildman–Crippen MR) is 27.0 cm³/mol. The molecule has 11 heavy (non-hydrogen) atoms. The van der Waals surface area contributed by atoms with Crippen LogP contribution in [0, 0.1) is 12.0 Å². The minimum atomic E-state index is -4.62. The molecular weight excluding hydrogens is 164 g/mol. The SMILES string of the molecule is Cn1nc(C(F)(F)F)[c]c1F. The Labute approximate surface area is 59.4 Å². The standard InChI is InChI=1S/C5H3F4N2/c1-11-4(6)2-3(10-11)5(7,8)9/h1H3. The van der Waals surface area contributed by atoms with Gasteiger partial charge in [0, 0.05) is 7.05 Å². The molecule has 0 N–H and O–H groups in total. The van der Waals surface area contributed by atoms with Crippen LogP contribution in [0.3, 0.4) is 0 Å². The normalized spacial score (nSPS) is 12.1. The van der Waals surface area contributed by atoms with E-state index in [4.69, 9.17) is 0 Å². The number of aromatic nitrogens is 2. The van der Waals surface area contributed by atoms with Crippen LogP contribution in [0.25, 0.3) is 0 Å². The van der Waals surface area contributed by atoms with Crippen LogP contribution in [0.4, 0.5) is 17.6 Å². The molecule has 0 bridgehead atoms. The number of rotatable bonds is 0. The van der Waals surface area contributed by atoms with Crippen molar-refractivity contribution in [3.05, 3.63) is 17.7 Å². The van der Waals surface area contributed by atoms with Gasteiger partial charge in [-0.05, 0) is 0 Å². The van der Waals surface area contributed by atoms with Crippen molar-refractivity contribution < 1.29 is 17.6 Å². The second-order valence-corrected chi connectivity index (χ2v) is 1.89. The second kappa shape index (κ2) is 2.21. The molecule has 0 aliphatic carbocycles. The molecule has 2 nitrogen and oxygen atoms in total. The third-order valence-electron chi connectivity index (χ3n) is 1.02. The fourth-order valence-electron chi connectivity index (χ4n) is 0.525. The van der Waals surface area contributed by atoms with E-state index in [1.54, 1.807) is 0 Å². The van der Waals surface area contributed by atoms with Crippen LogP contribution in [0.15, 0.2) is 0 Å². The molecule has 0 saturated carbocycles. The van der Waals surface area contributed by atoms with Crippen LogP contribution in [-0.4, -0.2) is 9.78 Å². The Morgan fingerprint density at radius 3 is 2.18 bits per heavy atom. The first kappa shape index (κ1) is 8.03. The Morgan fingerprint density at radius 2 is 2.00 bits per heavy atom. The summed E-state index contributed by atoms with van der Waals surface area (Å²) in [5, 5.41) is 2.84. The van der Waals surface area contributed by atoms with Gasteiger partial charge in [-0.3, -0.25) is 0 Å². The Kier molecular flexibility index (Phi) is 1.62. The van der Waals surface area contributed by atoms with Crippen LogP contribution in [-0.2, 0) is 13.2 Å². The van der Waals surface area contributed by atoms with Gasteiger partial charge in [0.05, 0.1) is 6.07 Å². The monoisotopic (exact) mass is 167 g/mol. The maximum Gasteiger partial charge on any atom is 0.435 e. The molecule has 61 valence electrons. The first-order valence-corrected chi connectivity index (χ1v) is 2.60. The summed E-state index contributed by atoms with van der Waals surface area (Å²) in [4.78, 5) is 0. The van der Waals surface area contributed by atoms with Gasteiger partial charge in [-0.25, -0.2) is 4.68 Å². The van der Waals surface area contributed by atoms with E-state index in [2.05, 4.69) is 5.10 Å². The zero-order valence-corrected chi connectivity index (χ0v) is 5.41. The van der Waals surface area contributed by atoms with Crippen LogP contribution in [0.2, 0.25) is 0 Å². The van der Waals surface area contributed by atoms with E-state index in [1.165, 1.54) is 6.07 Å². The Hall–Kier alpha value is -1.07. The lowest BCUT2D eigenvalue weighted by atomic mass is 10.4. The number of hydrogen-bond acceptors (Lipinski definition) is 1. The molecule has 0 fully saturated rings. The molecule has 0 aliphatic heterocycles. The van der Waals surface area contributed by atoms with Gasteiger partial charge < -0.3 is 0 Å². The quantitative estimate of drug-likeness (QED) is 0.533.